The molecule has 3 aromatic rings. The third kappa shape index (κ3) is 5.46. The normalized spacial score (nSPS) is 19.7. The van der Waals surface area contributed by atoms with E-state index in [0.717, 1.165) is 49.9 Å². The van der Waals surface area contributed by atoms with Gasteiger partial charge in [-0.05, 0) is 62.3 Å². The van der Waals surface area contributed by atoms with Crippen molar-refractivity contribution in [3.8, 4) is 11.8 Å². The quantitative estimate of drug-likeness (QED) is 0.251. The lowest BCUT2D eigenvalue weighted by atomic mass is 9.91. The molecule has 0 radical (unpaired) electrons. The van der Waals surface area contributed by atoms with Crippen LogP contribution in [0.15, 0.2) is 44.8 Å². The van der Waals surface area contributed by atoms with Crippen LogP contribution in [0, 0.1) is 37.0 Å². The summed E-state index contributed by atoms with van der Waals surface area (Å²) in [5.41, 5.74) is 2.14. The Kier molecular flexibility index (Phi) is 9.05. The van der Waals surface area contributed by atoms with Crippen LogP contribution in [0.25, 0.3) is 11.8 Å². The smallest absolute Gasteiger partial charge is 0.296 e. The summed E-state index contributed by atoms with van der Waals surface area (Å²) in [5, 5.41) is 10.0. The number of rotatable bonds is 7. The molecule has 0 aliphatic carbocycles. The lowest BCUT2D eigenvalue weighted by molar-refractivity contribution is -0.113. The summed E-state index contributed by atoms with van der Waals surface area (Å²) in [4.78, 5) is 45.5. The minimum Gasteiger partial charge on any atom is -0.357 e. The van der Waals surface area contributed by atoms with Gasteiger partial charge in [-0.1, -0.05) is 69.4 Å². The van der Waals surface area contributed by atoms with E-state index in [1.165, 1.54) is 9.58 Å². The van der Waals surface area contributed by atoms with E-state index in [0.29, 0.717) is 45.8 Å². The molecular weight excluding hydrogens is 593 g/mol. The molecule has 4 heterocycles. The summed E-state index contributed by atoms with van der Waals surface area (Å²) < 4.78 is 5.23. The highest BCUT2D eigenvalue weighted by molar-refractivity contribution is 8.27. The first-order valence-electron chi connectivity index (χ1n) is 15.0. The Morgan fingerprint density at radius 2 is 1.73 bits per heavy atom. The van der Waals surface area contributed by atoms with Crippen molar-refractivity contribution in [3.63, 3.8) is 0 Å². The molecule has 1 aromatic carbocycles. The fourth-order valence-electron chi connectivity index (χ4n) is 6.45. The number of carbonyl (C=O) groups excluding carboxylic acids is 1. The molecule has 5 rings (SSSR count). The van der Waals surface area contributed by atoms with E-state index in [2.05, 4.69) is 31.7 Å². The number of thioether (sulfide) groups is 1. The summed E-state index contributed by atoms with van der Waals surface area (Å²) in [6.07, 6.45) is 4.53. The molecule has 0 spiro atoms. The van der Waals surface area contributed by atoms with E-state index in [9.17, 15) is 19.6 Å². The van der Waals surface area contributed by atoms with Gasteiger partial charge in [0.05, 0.1) is 16.3 Å². The van der Waals surface area contributed by atoms with E-state index in [1.807, 2.05) is 30.3 Å². The third-order valence-electron chi connectivity index (χ3n) is 8.57. The molecule has 2 fully saturated rings. The van der Waals surface area contributed by atoms with Gasteiger partial charge in [-0.15, -0.1) is 0 Å². The minimum absolute atomic E-state index is 0.0781. The van der Waals surface area contributed by atoms with Crippen molar-refractivity contribution < 1.29 is 4.79 Å². The zero-order chi connectivity index (χ0) is 31.9. The van der Waals surface area contributed by atoms with Crippen LogP contribution >= 0.6 is 24.0 Å². The van der Waals surface area contributed by atoms with Crippen molar-refractivity contribution in [2.75, 3.05) is 22.9 Å². The molecule has 1 amide bonds. The van der Waals surface area contributed by atoms with Crippen LogP contribution in [-0.2, 0) is 18.4 Å². The number of hydrogen-bond donors (Lipinski definition) is 0. The number of amides is 1. The molecule has 9 nitrogen and oxygen atoms in total. The van der Waals surface area contributed by atoms with E-state index >= 15 is 0 Å². The molecule has 0 saturated carbocycles. The number of anilines is 2. The number of hydrogen-bond acceptors (Lipinski definition) is 7. The number of thiocarbonyl (C=S) groups is 1. The van der Waals surface area contributed by atoms with Crippen LogP contribution in [0.3, 0.4) is 0 Å². The highest BCUT2D eigenvalue weighted by Crippen LogP contribution is 2.39. The standard InChI is InChI=1S/C33H38N6O3S2/c1-7-8-14-37-29(36-18-20(2)15-21(3)19-36)25(22(4)26(17-34)30(37)40)16-27-31(41)38(33(43)44-27)28-23(5)35(6)39(32(28)42)24-12-10-9-11-13-24/h9-13,16,20-21H,7-8,14-15,18-19H2,1-6H3. The maximum atomic E-state index is 14.1. The molecular formula is C33H38N6O3S2. The number of aromatic nitrogens is 3. The van der Waals surface area contributed by atoms with Crippen molar-refractivity contribution in [3.05, 3.63) is 78.3 Å². The second kappa shape index (κ2) is 12.6. The summed E-state index contributed by atoms with van der Waals surface area (Å²) in [5.74, 6) is 1.18. The zero-order valence-electron chi connectivity index (χ0n) is 26.1. The Bertz CT molecular complexity index is 1820. The maximum Gasteiger partial charge on any atom is 0.296 e. The fourth-order valence-corrected chi connectivity index (χ4v) is 7.70. The lowest BCUT2D eigenvalue weighted by Gasteiger charge is -2.39. The molecule has 2 unspecified atom stereocenters. The van der Waals surface area contributed by atoms with Gasteiger partial charge in [-0.25, -0.2) is 4.68 Å². The van der Waals surface area contributed by atoms with Crippen LogP contribution in [0.1, 0.15) is 62.4 Å². The van der Waals surface area contributed by atoms with E-state index in [1.54, 1.807) is 36.2 Å². The SMILES string of the molecule is CCCCn1c(N2CC(C)CC(C)C2)c(C=C2SC(=S)N(c3c(C)n(C)n(-c4ccccc4)c3=O)C2=O)c(C)c(C#N)c1=O. The highest BCUT2D eigenvalue weighted by atomic mass is 32.2. The summed E-state index contributed by atoms with van der Waals surface area (Å²) in [6.45, 7) is 12.1. The molecule has 230 valence electrons. The predicted molar refractivity (Wildman–Crippen MR) is 182 cm³/mol. The van der Waals surface area contributed by atoms with E-state index < -0.39 is 5.91 Å². The number of nitrogens with zero attached hydrogens (tertiary/aromatic N) is 6. The van der Waals surface area contributed by atoms with E-state index in [4.69, 9.17) is 12.2 Å². The topological polar surface area (TPSA) is 96.3 Å². The summed E-state index contributed by atoms with van der Waals surface area (Å²) in [7, 11) is 1.78. The van der Waals surface area contributed by atoms with Crippen LogP contribution in [-0.4, -0.2) is 37.2 Å². The van der Waals surface area contributed by atoms with Gasteiger partial charge in [0.2, 0.25) is 0 Å². The molecule has 2 saturated heterocycles. The first-order valence-corrected chi connectivity index (χ1v) is 16.3. The first kappa shape index (κ1) is 31.5. The molecule has 0 N–H and O–H groups in total. The van der Waals surface area contributed by atoms with Crippen molar-refractivity contribution in [1.82, 2.24) is 13.9 Å². The third-order valence-corrected chi connectivity index (χ3v) is 9.87. The number of para-hydroxylation sites is 1. The molecule has 44 heavy (non-hydrogen) atoms. The van der Waals surface area contributed by atoms with Crippen molar-refractivity contribution >= 4 is 51.8 Å². The van der Waals surface area contributed by atoms with Crippen molar-refractivity contribution in [2.45, 2.75) is 60.4 Å². The largest absolute Gasteiger partial charge is 0.357 e. The molecule has 2 aromatic heterocycles. The van der Waals surface area contributed by atoms with Gasteiger partial charge < -0.3 is 4.90 Å². The molecule has 11 heteroatoms. The van der Waals surface area contributed by atoms with Gasteiger partial charge in [-0.3, -0.25) is 28.5 Å². The Labute approximate surface area is 267 Å². The fraction of sp³-hybridized carbons (Fsp3) is 0.424. The predicted octanol–water partition coefficient (Wildman–Crippen LogP) is 5.51. The van der Waals surface area contributed by atoms with Crippen LogP contribution in [0.5, 0.6) is 0 Å². The van der Waals surface area contributed by atoms with Gasteiger partial charge in [0, 0.05) is 32.2 Å². The number of unbranched alkanes of at least 4 members (excludes halogenated alkanes) is 1. The van der Waals surface area contributed by atoms with Crippen LogP contribution in [0.4, 0.5) is 11.5 Å². The molecule has 2 atom stereocenters. The number of benzene rings is 1. The summed E-state index contributed by atoms with van der Waals surface area (Å²) >= 11 is 6.84. The lowest BCUT2D eigenvalue weighted by Crippen LogP contribution is -2.43. The zero-order valence-corrected chi connectivity index (χ0v) is 27.7. The van der Waals surface area contributed by atoms with Gasteiger partial charge in [0.15, 0.2) is 4.32 Å². The van der Waals surface area contributed by atoms with Crippen molar-refractivity contribution in [2.24, 2.45) is 18.9 Å². The number of carbonyl (C=O) groups is 1. The second-order valence-corrected chi connectivity index (χ2v) is 13.6. The van der Waals surface area contributed by atoms with Gasteiger partial charge in [0.25, 0.3) is 17.0 Å². The molecule has 2 aliphatic heterocycles. The number of nitriles is 1. The van der Waals surface area contributed by atoms with Gasteiger partial charge in [-0.2, -0.15) is 5.26 Å². The maximum absolute atomic E-state index is 14.1. The summed E-state index contributed by atoms with van der Waals surface area (Å²) in [6, 6.07) is 11.4. The average molecular weight is 631 g/mol. The average Bonchev–Trinajstić information content (AvgIpc) is 3.37. The van der Waals surface area contributed by atoms with Gasteiger partial charge >= 0.3 is 0 Å². The minimum atomic E-state index is -0.401. The Morgan fingerprint density at radius 1 is 1.07 bits per heavy atom. The van der Waals surface area contributed by atoms with Crippen LogP contribution < -0.4 is 20.9 Å². The Hall–Kier alpha value is -3.88. The monoisotopic (exact) mass is 630 g/mol. The van der Waals surface area contributed by atoms with Crippen LogP contribution in [0.2, 0.25) is 0 Å². The number of piperidine rings is 1. The molecule has 2 aliphatic rings. The second-order valence-electron chi connectivity index (χ2n) is 11.9. The Balaban J connectivity index is 1.68. The first-order chi connectivity index (χ1) is 21.0. The molecule has 0 bridgehead atoms. The number of pyridine rings is 1. The highest BCUT2D eigenvalue weighted by Gasteiger charge is 2.38. The van der Waals surface area contributed by atoms with Crippen molar-refractivity contribution in [1.29, 1.82) is 5.26 Å². The Morgan fingerprint density at radius 3 is 2.34 bits per heavy atom. The van der Waals surface area contributed by atoms with E-state index in [-0.39, 0.29) is 26.7 Å². The van der Waals surface area contributed by atoms with Gasteiger partial charge in [0.1, 0.15) is 23.1 Å².